The Kier molecular flexibility index (Phi) is 8.19. The summed E-state index contributed by atoms with van der Waals surface area (Å²) >= 11 is 0. The Labute approximate surface area is 155 Å². The van der Waals surface area contributed by atoms with Crippen molar-refractivity contribution in [3.05, 3.63) is 11.8 Å². The minimum atomic E-state index is -1.45. The standard InChI is InChI=1S/C16H23NO10/c1-7(19)17-13-10(22)5-11(16(23)24-4)27-15(13)14(26-9(3)21)12(6-18)25-8(2)20/h5,10,12-15,18,22H,6H2,1-4H3,(H,17,19)/t10-,12+,13+,14+,15+/m0/s1. The van der Waals surface area contributed by atoms with Crippen LogP contribution in [0.2, 0.25) is 0 Å². The van der Waals surface area contributed by atoms with E-state index in [0.717, 1.165) is 27.0 Å². The van der Waals surface area contributed by atoms with E-state index in [1.54, 1.807) is 0 Å². The van der Waals surface area contributed by atoms with Gasteiger partial charge in [0.1, 0.15) is 6.10 Å². The first-order chi connectivity index (χ1) is 12.6. The molecule has 1 heterocycles. The van der Waals surface area contributed by atoms with Gasteiger partial charge in [-0.1, -0.05) is 0 Å². The van der Waals surface area contributed by atoms with E-state index in [0.29, 0.717) is 0 Å². The molecule has 0 aromatic carbocycles. The lowest BCUT2D eigenvalue weighted by atomic mass is 9.93. The number of esters is 3. The summed E-state index contributed by atoms with van der Waals surface area (Å²) in [6, 6.07) is -1.18. The van der Waals surface area contributed by atoms with Crippen LogP contribution in [0, 0.1) is 0 Å². The zero-order valence-corrected chi connectivity index (χ0v) is 15.3. The molecule has 27 heavy (non-hydrogen) atoms. The molecule has 0 aliphatic carbocycles. The van der Waals surface area contributed by atoms with Crippen LogP contribution in [0.1, 0.15) is 20.8 Å². The largest absolute Gasteiger partial charge is 0.477 e. The molecule has 0 saturated carbocycles. The van der Waals surface area contributed by atoms with E-state index in [9.17, 15) is 29.4 Å². The number of carbonyl (C=O) groups excluding carboxylic acids is 4. The topological polar surface area (TPSA) is 158 Å². The van der Waals surface area contributed by atoms with Crippen molar-refractivity contribution >= 4 is 23.8 Å². The molecular formula is C16H23NO10. The van der Waals surface area contributed by atoms with Crippen LogP contribution >= 0.6 is 0 Å². The third kappa shape index (κ3) is 6.22. The van der Waals surface area contributed by atoms with E-state index >= 15 is 0 Å². The minimum Gasteiger partial charge on any atom is -0.477 e. The van der Waals surface area contributed by atoms with Gasteiger partial charge in [-0.15, -0.1) is 0 Å². The summed E-state index contributed by atoms with van der Waals surface area (Å²) in [4.78, 5) is 46.1. The number of nitrogens with one attached hydrogen (secondary N) is 1. The summed E-state index contributed by atoms with van der Waals surface area (Å²) in [5.74, 6) is -3.44. The SMILES string of the molecule is COC(=O)C1=C[C@H](O)[C@@H](NC(C)=O)[C@H]([C@H](OC(C)=O)[C@@H](CO)OC(C)=O)O1. The maximum atomic E-state index is 11.8. The second kappa shape index (κ2) is 9.88. The molecule has 11 heteroatoms. The Hall–Kier alpha value is -2.66. The van der Waals surface area contributed by atoms with Crippen molar-refractivity contribution in [2.75, 3.05) is 13.7 Å². The predicted octanol–water partition coefficient (Wildman–Crippen LogP) is -1.84. The van der Waals surface area contributed by atoms with Gasteiger partial charge in [0.25, 0.3) is 0 Å². The summed E-state index contributed by atoms with van der Waals surface area (Å²) < 4.78 is 20.1. The maximum absolute atomic E-state index is 11.8. The number of carbonyl (C=O) groups is 4. The lowest BCUT2D eigenvalue weighted by Crippen LogP contribution is -2.61. The second-order valence-corrected chi connectivity index (χ2v) is 5.73. The molecule has 1 rings (SSSR count). The van der Waals surface area contributed by atoms with E-state index in [2.05, 4.69) is 10.1 Å². The van der Waals surface area contributed by atoms with Crippen molar-refractivity contribution in [3.63, 3.8) is 0 Å². The molecule has 0 spiro atoms. The van der Waals surface area contributed by atoms with Gasteiger partial charge >= 0.3 is 17.9 Å². The summed E-state index contributed by atoms with van der Waals surface area (Å²) in [5.41, 5.74) is 0. The number of amides is 1. The molecule has 0 aromatic heterocycles. The number of ether oxygens (including phenoxy) is 4. The molecule has 152 valence electrons. The molecule has 11 nitrogen and oxygen atoms in total. The number of rotatable bonds is 7. The van der Waals surface area contributed by atoms with Crippen LogP contribution in [-0.4, -0.2) is 78.2 Å². The lowest BCUT2D eigenvalue weighted by Gasteiger charge is -2.40. The van der Waals surface area contributed by atoms with Crippen LogP contribution in [-0.2, 0) is 38.1 Å². The van der Waals surface area contributed by atoms with Gasteiger partial charge in [0.15, 0.2) is 18.3 Å². The highest BCUT2D eigenvalue weighted by molar-refractivity contribution is 5.86. The zero-order chi connectivity index (χ0) is 20.7. The van der Waals surface area contributed by atoms with Gasteiger partial charge < -0.3 is 34.5 Å². The van der Waals surface area contributed by atoms with Gasteiger partial charge in [-0.25, -0.2) is 4.79 Å². The Morgan fingerprint density at radius 2 is 1.78 bits per heavy atom. The highest BCUT2D eigenvalue weighted by atomic mass is 16.6. The van der Waals surface area contributed by atoms with E-state index < -0.39 is 66.6 Å². The third-order valence-electron chi connectivity index (χ3n) is 3.55. The Bertz CT molecular complexity index is 616. The summed E-state index contributed by atoms with van der Waals surface area (Å²) in [6.45, 7) is 2.57. The molecule has 0 unspecified atom stereocenters. The second-order valence-electron chi connectivity index (χ2n) is 5.73. The summed E-state index contributed by atoms with van der Waals surface area (Å²) in [5, 5.41) is 22.3. The smallest absolute Gasteiger partial charge is 0.373 e. The van der Waals surface area contributed by atoms with Crippen molar-refractivity contribution in [1.29, 1.82) is 0 Å². The molecule has 0 bridgehead atoms. The van der Waals surface area contributed by atoms with E-state index in [1.807, 2.05) is 0 Å². The Morgan fingerprint density at radius 1 is 1.19 bits per heavy atom. The third-order valence-corrected chi connectivity index (χ3v) is 3.55. The van der Waals surface area contributed by atoms with Crippen molar-refractivity contribution < 1.29 is 48.3 Å². The highest BCUT2D eigenvalue weighted by Gasteiger charge is 2.47. The van der Waals surface area contributed by atoms with Crippen molar-refractivity contribution in [2.24, 2.45) is 0 Å². The molecule has 1 aliphatic heterocycles. The minimum absolute atomic E-state index is 0.395. The van der Waals surface area contributed by atoms with Crippen molar-refractivity contribution in [1.82, 2.24) is 5.32 Å². The first-order valence-electron chi connectivity index (χ1n) is 7.98. The first-order valence-corrected chi connectivity index (χ1v) is 7.98. The van der Waals surface area contributed by atoms with Crippen LogP contribution < -0.4 is 5.32 Å². The molecular weight excluding hydrogens is 366 g/mol. The number of aliphatic hydroxyl groups is 2. The lowest BCUT2D eigenvalue weighted by molar-refractivity contribution is -0.187. The summed E-state index contributed by atoms with van der Waals surface area (Å²) in [6.07, 6.45) is -4.60. The molecule has 1 amide bonds. The van der Waals surface area contributed by atoms with E-state index in [1.165, 1.54) is 6.92 Å². The van der Waals surface area contributed by atoms with Crippen LogP contribution in [0.4, 0.5) is 0 Å². The van der Waals surface area contributed by atoms with Gasteiger partial charge in [-0.3, -0.25) is 14.4 Å². The number of aliphatic hydroxyl groups excluding tert-OH is 2. The molecule has 3 N–H and O–H groups in total. The zero-order valence-electron chi connectivity index (χ0n) is 15.3. The van der Waals surface area contributed by atoms with E-state index in [-0.39, 0.29) is 0 Å². The molecule has 0 aromatic rings. The number of methoxy groups -OCH3 is 1. The average molecular weight is 389 g/mol. The normalized spacial score (nSPS) is 23.8. The number of hydrogen-bond donors (Lipinski definition) is 3. The maximum Gasteiger partial charge on any atom is 0.373 e. The molecule has 5 atom stereocenters. The van der Waals surface area contributed by atoms with Gasteiger partial charge in [0, 0.05) is 20.8 Å². The van der Waals surface area contributed by atoms with Crippen molar-refractivity contribution in [3.8, 4) is 0 Å². The van der Waals surface area contributed by atoms with Crippen LogP contribution in [0.25, 0.3) is 0 Å². The monoisotopic (exact) mass is 389 g/mol. The molecule has 0 radical (unpaired) electrons. The number of hydrogen-bond acceptors (Lipinski definition) is 10. The predicted molar refractivity (Wildman–Crippen MR) is 86.8 cm³/mol. The van der Waals surface area contributed by atoms with Gasteiger partial charge in [0.05, 0.1) is 19.8 Å². The highest BCUT2D eigenvalue weighted by Crippen LogP contribution is 2.26. The fraction of sp³-hybridized carbons (Fsp3) is 0.625. The van der Waals surface area contributed by atoms with Crippen molar-refractivity contribution in [2.45, 2.75) is 51.2 Å². The van der Waals surface area contributed by atoms with E-state index in [4.69, 9.17) is 14.2 Å². The Balaban J connectivity index is 3.34. The summed E-state index contributed by atoms with van der Waals surface area (Å²) in [7, 11) is 1.09. The molecule has 0 saturated heterocycles. The molecule has 0 fully saturated rings. The van der Waals surface area contributed by atoms with Crippen LogP contribution in [0.3, 0.4) is 0 Å². The van der Waals surface area contributed by atoms with Gasteiger partial charge in [0.2, 0.25) is 11.7 Å². The quantitative estimate of drug-likeness (QED) is 0.334. The Morgan fingerprint density at radius 3 is 2.22 bits per heavy atom. The van der Waals surface area contributed by atoms with Crippen LogP contribution in [0.15, 0.2) is 11.8 Å². The van der Waals surface area contributed by atoms with Crippen LogP contribution in [0.5, 0.6) is 0 Å². The average Bonchev–Trinajstić information content (AvgIpc) is 2.58. The van der Waals surface area contributed by atoms with Gasteiger partial charge in [-0.2, -0.15) is 0 Å². The fourth-order valence-electron chi connectivity index (χ4n) is 2.57. The fourth-order valence-corrected chi connectivity index (χ4v) is 2.57. The molecule has 1 aliphatic rings. The first kappa shape index (κ1) is 22.4. The van der Waals surface area contributed by atoms with Gasteiger partial charge in [-0.05, 0) is 6.08 Å².